The van der Waals surface area contributed by atoms with Crippen LogP contribution in [-0.2, 0) is 6.54 Å². The second-order valence-electron chi connectivity index (χ2n) is 5.48. The van der Waals surface area contributed by atoms with Gasteiger partial charge in [0.2, 0.25) is 0 Å². The van der Waals surface area contributed by atoms with Gasteiger partial charge in [-0.1, -0.05) is 42.1 Å². The fourth-order valence-corrected chi connectivity index (χ4v) is 3.97. The van der Waals surface area contributed by atoms with E-state index in [2.05, 4.69) is 26.1 Å². The zero-order chi connectivity index (χ0) is 18.5. The van der Waals surface area contributed by atoms with Gasteiger partial charge in [0.25, 0.3) is 0 Å². The Kier molecular flexibility index (Phi) is 6.11. The molecule has 0 bridgehead atoms. The first-order valence-corrected chi connectivity index (χ1v) is 9.90. The van der Waals surface area contributed by atoms with E-state index in [-0.39, 0.29) is 5.78 Å². The lowest BCUT2D eigenvalue weighted by atomic mass is 10.1. The van der Waals surface area contributed by atoms with Crippen molar-refractivity contribution in [1.29, 1.82) is 0 Å². The average Bonchev–Trinajstić information content (AvgIpc) is 3.09. The molecule has 0 spiro atoms. The van der Waals surface area contributed by atoms with E-state index in [4.69, 9.17) is 4.74 Å². The summed E-state index contributed by atoms with van der Waals surface area (Å²) in [5, 5.41) is 9.31. The number of nitrogens with zero attached hydrogens (tertiary/aromatic N) is 3. The van der Waals surface area contributed by atoms with Crippen molar-refractivity contribution in [2.45, 2.75) is 18.6 Å². The molecular formula is C19H18BrN3O2S. The highest BCUT2D eigenvalue weighted by Gasteiger charge is 2.15. The van der Waals surface area contributed by atoms with Crippen LogP contribution in [0, 0.1) is 0 Å². The maximum atomic E-state index is 12.5. The summed E-state index contributed by atoms with van der Waals surface area (Å²) in [6.07, 6.45) is 0. The summed E-state index contributed by atoms with van der Waals surface area (Å²) in [4.78, 5) is 12.5. The molecule has 0 saturated heterocycles. The molecule has 7 heteroatoms. The van der Waals surface area contributed by atoms with Crippen molar-refractivity contribution < 1.29 is 9.53 Å². The second kappa shape index (κ2) is 8.51. The first-order chi connectivity index (χ1) is 12.6. The molecule has 5 nitrogen and oxygen atoms in total. The lowest BCUT2D eigenvalue weighted by molar-refractivity contribution is 0.102. The van der Waals surface area contributed by atoms with Crippen LogP contribution in [0.2, 0.25) is 0 Å². The highest BCUT2D eigenvalue weighted by Crippen LogP contribution is 2.27. The Balaban J connectivity index is 1.75. The van der Waals surface area contributed by atoms with Gasteiger partial charge >= 0.3 is 0 Å². The number of benzene rings is 2. The molecule has 0 aliphatic rings. The molecule has 134 valence electrons. The van der Waals surface area contributed by atoms with Gasteiger partial charge in [-0.3, -0.25) is 4.79 Å². The summed E-state index contributed by atoms with van der Waals surface area (Å²) in [5.74, 6) is 1.85. The molecular weight excluding hydrogens is 414 g/mol. The Morgan fingerprint density at radius 2 is 1.96 bits per heavy atom. The molecule has 1 aromatic heterocycles. The topological polar surface area (TPSA) is 57.0 Å². The van der Waals surface area contributed by atoms with Gasteiger partial charge in [-0.05, 0) is 41.1 Å². The highest BCUT2D eigenvalue weighted by atomic mass is 79.9. The lowest BCUT2D eigenvalue weighted by Gasteiger charge is -2.08. The van der Waals surface area contributed by atoms with E-state index in [0.29, 0.717) is 17.1 Å². The van der Waals surface area contributed by atoms with E-state index >= 15 is 0 Å². The minimum atomic E-state index is 0.0327. The molecule has 3 rings (SSSR count). The molecule has 0 saturated carbocycles. The molecule has 0 aliphatic heterocycles. The van der Waals surface area contributed by atoms with E-state index in [9.17, 15) is 4.79 Å². The third-order valence-electron chi connectivity index (χ3n) is 3.87. The van der Waals surface area contributed by atoms with Crippen molar-refractivity contribution in [2.24, 2.45) is 0 Å². The van der Waals surface area contributed by atoms with Crippen LogP contribution in [0.15, 0.2) is 58.2 Å². The van der Waals surface area contributed by atoms with E-state index in [1.165, 1.54) is 11.8 Å². The molecule has 0 unspecified atom stereocenters. The third kappa shape index (κ3) is 3.99. The van der Waals surface area contributed by atoms with Gasteiger partial charge in [0.05, 0.1) is 17.3 Å². The predicted molar refractivity (Wildman–Crippen MR) is 107 cm³/mol. The number of halogens is 1. The Labute approximate surface area is 164 Å². The Bertz CT molecular complexity index is 912. The summed E-state index contributed by atoms with van der Waals surface area (Å²) < 4.78 is 7.99. The van der Waals surface area contributed by atoms with Crippen molar-refractivity contribution in [3.05, 3.63) is 58.6 Å². The SMILES string of the molecule is CCn1c(SCC(=O)c2ccc(OC)c(Br)c2)nnc1-c1ccccc1. The maximum Gasteiger partial charge on any atom is 0.191 e. The smallest absolute Gasteiger partial charge is 0.191 e. The molecule has 0 amide bonds. The summed E-state index contributed by atoms with van der Waals surface area (Å²) in [5.41, 5.74) is 1.65. The van der Waals surface area contributed by atoms with Crippen LogP contribution in [0.25, 0.3) is 11.4 Å². The van der Waals surface area contributed by atoms with E-state index < -0.39 is 0 Å². The van der Waals surface area contributed by atoms with Crippen molar-refractivity contribution in [3.63, 3.8) is 0 Å². The van der Waals surface area contributed by atoms with Gasteiger partial charge in [0, 0.05) is 17.7 Å². The summed E-state index contributed by atoms with van der Waals surface area (Å²) in [6.45, 7) is 2.78. The molecule has 0 N–H and O–H groups in total. The molecule has 3 aromatic rings. The number of carbonyl (C=O) groups excluding carboxylic acids is 1. The monoisotopic (exact) mass is 431 g/mol. The Morgan fingerprint density at radius 1 is 1.19 bits per heavy atom. The normalized spacial score (nSPS) is 10.7. The molecule has 0 fully saturated rings. The summed E-state index contributed by atoms with van der Waals surface area (Å²) in [7, 11) is 1.60. The van der Waals surface area contributed by atoms with Crippen molar-refractivity contribution in [1.82, 2.24) is 14.8 Å². The largest absolute Gasteiger partial charge is 0.496 e. The number of Topliss-reactive ketones (excluding diaryl/α,β-unsaturated/α-hetero) is 1. The number of carbonyl (C=O) groups is 1. The molecule has 0 radical (unpaired) electrons. The van der Waals surface area contributed by atoms with Gasteiger partial charge in [-0.25, -0.2) is 0 Å². The number of hydrogen-bond acceptors (Lipinski definition) is 5. The van der Waals surface area contributed by atoms with Gasteiger partial charge in [-0.2, -0.15) is 0 Å². The minimum Gasteiger partial charge on any atom is -0.496 e. The molecule has 0 aliphatic carbocycles. The van der Waals surface area contributed by atoms with Crippen LogP contribution in [-0.4, -0.2) is 33.4 Å². The Hall–Kier alpha value is -2.12. The van der Waals surface area contributed by atoms with Gasteiger partial charge < -0.3 is 9.30 Å². The number of aromatic nitrogens is 3. The summed E-state index contributed by atoms with van der Waals surface area (Å²) in [6, 6.07) is 15.3. The zero-order valence-corrected chi connectivity index (χ0v) is 16.9. The number of methoxy groups -OCH3 is 1. The van der Waals surface area contributed by atoms with Crippen LogP contribution in [0.4, 0.5) is 0 Å². The lowest BCUT2D eigenvalue weighted by Crippen LogP contribution is -2.05. The van der Waals surface area contributed by atoms with Crippen LogP contribution in [0.1, 0.15) is 17.3 Å². The number of ketones is 1. The number of hydrogen-bond donors (Lipinski definition) is 0. The molecule has 1 heterocycles. The number of ether oxygens (including phenoxy) is 1. The second-order valence-corrected chi connectivity index (χ2v) is 7.27. The van der Waals surface area contributed by atoms with E-state index in [1.54, 1.807) is 25.3 Å². The molecule has 2 aromatic carbocycles. The number of rotatable bonds is 7. The fraction of sp³-hybridized carbons (Fsp3) is 0.211. The average molecular weight is 432 g/mol. The third-order valence-corrected chi connectivity index (χ3v) is 5.46. The maximum absolute atomic E-state index is 12.5. The summed E-state index contributed by atoms with van der Waals surface area (Å²) >= 11 is 4.81. The highest BCUT2D eigenvalue weighted by molar-refractivity contribution is 9.10. The van der Waals surface area contributed by atoms with Crippen LogP contribution < -0.4 is 4.74 Å². The van der Waals surface area contributed by atoms with Crippen LogP contribution >= 0.6 is 27.7 Å². The fourth-order valence-electron chi connectivity index (χ4n) is 2.53. The van der Waals surface area contributed by atoms with E-state index in [1.807, 2.05) is 41.8 Å². The van der Waals surface area contributed by atoms with Crippen LogP contribution in [0.5, 0.6) is 5.75 Å². The molecule has 26 heavy (non-hydrogen) atoms. The quantitative estimate of drug-likeness (QED) is 0.400. The van der Waals surface area contributed by atoms with Crippen molar-refractivity contribution in [3.8, 4) is 17.1 Å². The zero-order valence-electron chi connectivity index (χ0n) is 14.5. The van der Waals surface area contributed by atoms with Gasteiger partial charge in [0.15, 0.2) is 16.8 Å². The first kappa shape index (κ1) is 18.7. The predicted octanol–water partition coefficient (Wildman–Crippen LogP) is 4.71. The molecule has 0 atom stereocenters. The standard InChI is InChI=1S/C19H18BrN3O2S/c1-3-23-18(13-7-5-4-6-8-13)21-22-19(23)26-12-16(24)14-9-10-17(25-2)15(20)11-14/h4-11H,3,12H2,1-2H3. The first-order valence-electron chi connectivity index (χ1n) is 8.12. The minimum absolute atomic E-state index is 0.0327. The number of thioether (sulfide) groups is 1. The van der Waals surface area contributed by atoms with Gasteiger partial charge in [-0.15, -0.1) is 10.2 Å². The van der Waals surface area contributed by atoms with E-state index in [0.717, 1.165) is 27.6 Å². The van der Waals surface area contributed by atoms with Crippen LogP contribution in [0.3, 0.4) is 0 Å². The Morgan fingerprint density at radius 3 is 2.62 bits per heavy atom. The van der Waals surface area contributed by atoms with Crippen molar-refractivity contribution >= 4 is 33.5 Å². The van der Waals surface area contributed by atoms with Crippen molar-refractivity contribution in [2.75, 3.05) is 12.9 Å². The van der Waals surface area contributed by atoms with Gasteiger partial charge in [0.1, 0.15) is 5.75 Å².